The number of halogens is 3. The van der Waals surface area contributed by atoms with E-state index >= 15 is 0 Å². The SMILES string of the molecule is CCOC(=O)[C@]1(C#N)[C@H](C(=O)c2ccccc2)[C@H]1c1ccc(C(F)(F)F)cc1. The molecule has 0 N–H and O–H groups in total. The maximum absolute atomic E-state index is 13.0. The molecule has 0 amide bonds. The zero-order chi connectivity index (χ0) is 20.5. The maximum Gasteiger partial charge on any atom is 0.416 e. The number of nitriles is 1. The lowest BCUT2D eigenvalue weighted by Gasteiger charge is -2.09. The standard InChI is InChI=1S/C21H16F3NO3/c1-2-28-19(27)20(12-25)16(13-8-10-15(11-9-13)21(22,23)24)17(20)18(26)14-6-4-3-5-7-14/h3-11,16-17H,2H2,1H3/t16-,17+,20+/m1/s1. The first kappa shape index (κ1) is 19.6. The van der Waals surface area contributed by atoms with E-state index in [2.05, 4.69) is 0 Å². The first-order chi connectivity index (χ1) is 13.3. The number of rotatable bonds is 5. The maximum atomic E-state index is 13.0. The summed E-state index contributed by atoms with van der Waals surface area (Å²) in [6.45, 7) is 1.60. The van der Waals surface area contributed by atoms with Crippen LogP contribution in [0.4, 0.5) is 13.2 Å². The van der Waals surface area contributed by atoms with E-state index in [0.29, 0.717) is 11.1 Å². The molecule has 144 valence electrons. The number of carbonyl (C=O) groups excluding carboxylic acids is 2. The van der Waals surface area contributed by atoms with Crippen molar-refractivity contribution in [1.82, 2.24) is 0 Å². The van der Waals surface area contributed by atoms with Gasteiger partial charge in [-0.3, -0.25) is 9.59 Å². The third-order valence-electron chi connectivity index (χ3n) is 4.94. The topological polar surface area (TPSA) is 67.2 Å². The zero-order valence-electron chi connectivity index (χ0n) is 14.9. The van der Waals surface area contributed by atoms with Gasteiger partial charge in [-0.25, -0.2) is 0 Å². The minimum absolute atomic E-state index is 0.0221. The zero-order valence-corrected chi connectivity index (χ0v) is 14.9. The molecule has 0 heterocycles. The van der Waals surface area contributed by atoms with Crippen LogP contribution in [0.15, 0.2) is 54.6 Å². The van der Waals surface area contributed by atoms with Crippen LogP contribution in [-0.4, -0.2) is 18.4 Å². The summed E-state index contributed by atoms with van der Waals surface area (Å²) in [6, 6.07) is 14.2. The minimum atomic E-state index is -4.51. The van der Waals surface area contributed by atoms with Crippen LogP contribution in [0.2, 0.25) is 0 Å². The van der Waals surface area contributed by atoms with Crippen molar-refractivity contribution >= 4 is 11.8 Å². The van der Waals surface area contributed by atoms with E-state index < -0.39 is 40.7 Å². The summed E-state index contributed by atoms with van der Waals surface area (Å²) in [5.41, 5.74) is -1.95. The van der Waals surface area contributed by atoms with Crippen molar-refractivity contribution in [2.45, 2.75) is 19.0 Å². The van der Waals surface area contributed by atoms with Crippen LogP contribution in [0.5, 0.6) is 0 Å². The van der Waals surface area contributed by atoms with Crippen molar-refractivity contribution in [1.29, 1.82) is 5.26 Å². The van der Waals surface area contributed by atoms with Crippen molar-refractivity contribution in [3.8, 4) is 6.07 Å². The van der Waals surface area contributed by atoms with Crippen LogP contribution < -0.4 is 0 Å². The van der Waals surface area contributed by atoms with Crippen LogP contribution in [0.25, 0.3) is 0 Å². The van der Waals surface area contributed by atoms with Crippen LogP contribution in [-0.2, 0) is 15.7 Å². The lowest BCUT2D eigenvalue weighted by molar-refractivity contribution is -0.148. The van der Waals surface area contributed by atoms with Gasteiger partial charge in [0.2, 0.25) is 0 Å². The van der Waals surface area contributed by atoms with Gasteiger partial charge in [0.05, 0.1) is 24.2 Å². The third kappa shape index (κ3) is 3.15. The predicted molar refractivity (Wildman–Crippen MR) is 93.1 cm³/mol. The Morgan fingerprint density at radius 2 is 1.71 bits per heavy atom. The van der Waals surface area contributed by atoms with E-state index in [4.69, 9.17) is 4.74 Å². The number of alkyl halides is 3. The second-order valence-electron chi connectivity index (χ2n) is 6.51. The lowest BCUT2D eigenvalue weighted by Crippen LogP contribution is -2.23. The number of benzene rings is 2. The Morgan fingerprint density at radius 1 is 1.11 bits per heavy atom. The fraction of sp³-hybridized carbons (Fsp3) is 0.286. The second kappa shape index (κ2) is 7.12. The van der Waals surface area contributed by atoms with Crippen LogP contribution in [0.3, 0.4) is 0 Å². The van der Waals surface area contributed by atoms with Crippen molar-refractivity contribution in [3.05, 3.63) is 71.3 Å². The van der Waals surface area contributed by atoms with E-state index in [-0.39, 0.29) is 6.61 Å². The minimum Gasteiger partial charge on any atom is -0.465 e. The summed E-state index contributed by atoms with van der Waals surface area (Å²) in [7, 11) is 0. The summed E-state index contributed by atoms with van der Waals surface area (Å²) in [4.78, 5) is 25.5. The van der Waals surface area contributed by atoms with Gasteiger partial charge in [-0.05, 0) is 24.6 Å². The molecule has 0 radical (unpaired) electrons. The Bertz CT molecular complexity index is 932. The fourth-order valence-electron chi connectivity index (χ4n) is 3.55. The number of carbonyl (C=O) groups is 2. The number of hydrogen-bond donors (Lipinski definition) is 0. The summed E-state index contributed by atoms with van der Waals surface area (Å²) in [5, 5.41) is 9.75. The van der Waals surface area contributed by atoms with Crippen molar-refractivity contribution < 1.29 is 27.5 Å². The first-order valence-electron chi connectivity index (χ1n) is 8.62. The van der Waals surface area contributed by atoms with Gasteiger partial charge in [0.15, 0.2) is 11.2 Å². The Labute approximate surface area is 159 Å². The second-order valence-corrected chi connectivity index (χ2v) is 6.51. The quantitative estimate of drug-likeness (QED) is 0.564. The summed E-state index contributed by atoms with van der Waals surface area (Å²) >= 11 is 0. The summed E-state index contributed by atoms with van der Waals surface area (Å²) < 4.78 is 43.5. The molecule has 1 fully saturated rings. The van der Waals surface area contributed by atoms with Crippen molar-refractivity contribution in [2.24, 2.45) is 11.3 Å². The van der Waals surface area contributed by atoms with E-state index in [1.807, 2.05) is 6.07 Å². The fourth-order valence-corrected chi connectivity index (χ4v) is 3.55. The molecule has 0 unspecified atom stereocenters. The van der Waals surface area contributed by atoms with Crippen molar-refractivity contribution in [3.63, 3.8) is 0 Å². The number of ether oxygens (including phenoxy) is 1. The summed E-state index contributed by atoms with van der Waals surface area (Å²) in [6.07, 6.45) is -4.51. The number of esters is 1. The Balaban J connectivity index is 2.02. The van der Waals surface area contributed by atoms with Gasteiger partial charge in [-0.1, -0.05) is 42.5 Å². The van der Waals surface area contributed by atoms with E-state index in [1.165, 1.54) is 12.1 Å². The molecule has 0 aromatic heterocycles. The molecule has 4 nitrogen and oxygen atoms in total. The smallest absolute Gasteiger partial charge is 0.416 e. The van der Waals surface area contributed by atoms with Gasteiger partial charge < -0.3 is 4.74 Å². The van der Waals surface area contributed by atoms with E-state index in [9.17, 15) is 28.0 Å². The Hall–Kier alpha value is -3.14. The first-order valence-corrected chi connectivity index (χ1v) is 8.62. The molecule has 2 aromatic rings. The average molecular weight is 387 g/mol. The van der Waals surface area contributed by atoms with Crippen LogP contribution in [0.1, 0.15) is 34.3 Å². The number of ketones is 1. The number of nitrogens with zero attached hydrogens (tertiary/aromatic N) is 1. The van der Waals surface area contributed by atoms with Gasteiger partial charge in [0.25, 0.3) is 0 Å². The highest BCUT2D eigenvalue weighted by molar-refractivity contribution is 6.07. The molecule has 1 saturated carbocycles. The molecule has 1 aliphatic rings. The molecular weight excluding hydrogens is 371 g/mol. The molecular formula is C21H16F3NO3. The molecule has 1 aliphatic carbocycles. The number of Topliss-reactive ketones (excluding diaryl/α,β-unsaturated/α-hetero) is 1. The molecule has 0 spiro atoms. The molecule has 2 aromatic carbocycles. The highest BCUT2D eigenvalue weighted by atomic mass is 19.4. The van der Waals surface area contributed by atoms with Crippen LogP contribution >= 0.6 is 0 Å². The Kier molecular flexibility index (Phi) is 4.99. The largest absolute Gasteiger partial charge is 0.465 e. The lowest BCUT2D eigenvalue weighted by atomic mass is 9.98. The normalized spacial score (nSPS) is 23.5. The number of hydrogen-bond acceptors (Lipinski definition) is 4. The average Bonchev–Trinajstić information content (AvgIpc) is 3.38. The molecule has 0 bridgehead atoms. The monoisotopic (exact) mass is 387 g/mol. The highest BCUT2D eigenvalue weighted by Crippen LogP contribution is 2.66. The molecule has 3 atom stereocenters. The Morgan fingerprint density at radius 3 is 2.21 bits per heavy atom. The predicted octanol–water partition coefficient (Wildman–Crippen LogP) is 4.37. The van der Waals surface area contributed by atoms with Gasteiger partial charge >= 0.3 is 12.1 Å². The van der Waals surface area contributed by atoms with Gasteiger partial charge in [0.1, 0.15) is 0 Å². The summed E-state index contributed by atoms with van der Waals surface area (Å²) in [5.74, 6) is -3.14. The molecule has 7 heteroatoms. The van der Waals surface area contributed by atoms with Gasteiger partial charge in [-0.15, -0.1) is 0 Å². The molecule has 0 saturated heterocycles. The highest BCUT2D eigenvalue weighted by Gasteiger charge is 2.75. The van der Waals surface area contributed by atoms with E-state index in [1.54, 1.807) is 37.3 Å². The van der Waals surface area contributed by atoms with E-state index in [0.717, 1.165) is 12.1 Å². The van der Waals surface area contributed by atoms with Gasteiger partial charge in [-0.2, -0.15) is 18.4 Å². The van der Waals surface area contributed by atoms with Crippen LogP contribution in [0, 0.1) is 22.7 Å². The van der Waals surface area contributed by atoms with Gasteiger partial charge in [0, 0.05) is 11.5 Å². The molecule has 28 heavy (non-hydrogen) atoms. The molecule has 3 rings (SSSR count). The third-order valence-corrected chi connectivity index (χ3v) is 4.94. The van der Waals surface area contributed by atoms with Crippen molar-refractivity contribution in [2.75, 3.05) is 6.61 Å². The molecule has 0 aliphatic heterocycles.